The highest BCUT2D eigenvalue weighted by Crippen LogP contribution is 2.22. The summed E-state index contributed by atoms with van der Waals surface area (Å²) in [6.07, 6.45) is 4.32. The fourth-order valence-electron chi connectivity index (χ4n) is 4.03. The molecule has 5 nitrogen and oxygen atoms in total. The van der Waals surface area contributed by atoms with Crippen molar-refractivity contribution in [2.75, 3.05) is 39.3 Å². The van der Waals surface area contributed by atoms with Crippen LogP contribution >= 0.6 is 0 Å². The predicted octanol–water partition coefficient (Wildman–Crippen LogP) is 2.60. The van der Waals surface area contributed by atoms with Crippen molar-refractivity contribution < 1.29 is 19.0 Å². The van der Waals surface area contributed by atoms with Crippen LogP contribution in [-0.2, 0) is 16.1 Å². The van der Waals surface area contributed by atoms with Crippen molar-refractivity contribution in [3.8, 4) is 0 Å². The fourth-order valence-corrected chi connectivity index (χ4v) is 4.03. The number of carboxylic acids is 1. The molecule has 0 saturated carbocycles. The smallest absolute Gasteiger partial charge is 0.317 e. The van der Waals surface area contributed by atoms with Crippen LogP contribution in [0.2, 0.25) is 0 Å². The minimum absolute atomic E-state index is 0.0787. The highest BCUT2D eigenvalue weighted by molar-refractivity contribution is 5.69. The molecule has 0 bridgehead atoms. The molecule has 0 aromatic heterocycles. The van der Waals surface area contributed by atoms with Crippen LogP contribution in [0.1, 0.15) is 31.2 Å². The zero-order valence-electron chi connectivity index (χ0n) is 15.3. The molecular weight excluding hydrogens is 335 g/mol. The topological polar surface area (TPSA) is 53.0 Å². The highest BCUT2D eigenvalue weighted by atomic mass is 19.1. The van der Waals surface area contributed by atoms with Gasteiger partial charge in [-0.15, -0.1) is 0 Å². The molecular formula is C20H29FN2O3. The summed E-state index contributed by atoms with van der Waals surface area (Å²) in [6, 6.07) is 6.95. The van der Waals surface area contributed by atoms with Crippen LogP contribution in [0.5, 0.6) is 0 Å². The van der Waals surface area contributed by atoms with Gasteiger partial charge in [0.1, 0.15) is 5.82 Å². The Morgan fingerprint density at radius 3 is 2.65 bits per heavy atom. The average molecular weight is 364 g/mol. The number of carboxylic acid groups (broad SMARTS) is 1. The maximum absolute atomic E-state index is 13.8. The Bertz CT molecular complexity index is 584. The molecule has 6 heteroatoms. The number of ether oxygens (including phenoxy) is 1. The molecule has 0 unspecified atom stereocenters. The summed E-state index contributed by atoms with van der Waals surface area (Å²) < 4.78 is 19.5. The van der Waals surface area contributed by atoms with E-state index in [4.69, 9.17) is 4.74 Å². The maximum Gasteiger partial charge on any atom is 0.317 e. The number of hydrogen-bond donors (Lipinski definition) is 1. The van der Waals surface area contributed by atoms with Crippen LogP contribution < -0.4 is 0 Å². The molecule has 2 heterocycles. The molecule has 0 aliphatic carbocycles. The van der Waals surface area contributed by atoms with Gasteiger partial charge in [0.25, 0.3) is 0 Å². The standard InChI is InChI=1S/C20H29FN2O3/c21-19-6-2-1-4-17(19)13-22-9-7-16(8-10-22)12-23(15-20(24)25)14-18-5-3-11-26-18/h1-2,4,6,16,18H,3,5,7-15H2,(H,24,25)/t18-/m1/s1. The Kier molecular flexibility index (Phi) is 7.00. The first-order valence-corrected chi connectivity index (χ1v) is 9.61. The molecule has 1 N–H and O–H groups in total. The zero-order chi connectivity index (χ0) is 18.4. The average Bonchev–Trinajstić information content (AvgIpc) is 3.11. The van der Waals surface area contributed by atoms with Crippen LogP contribution in [0, 0.1) is 11.7 Å². The summed E-state index contributed by atoms with van der Waals surface area (Å²) >= 11 is 0. The van der Waals surface area contributed by atoms with Gasteiger partial charge >= 0.3 is 5.97 Å². The van der Waals surface area contributed by atoms with Crippen LogP contribution in [-0.4, -0.2) is 66.3 Å². The summed E-state index contributed by atoms with van der Waals surface area (Å²) in [5.41, 5.74) is 0.747. The van der Waals surface area contributed by atoms with E-state index in [0.29, 0.717) is 19.0 Å². The lowest BCUT2D eigenvalue weighted by atomic mass is 9.95. The molecule has 0 spiro atoms. The van der Waals surface area contributed by atoms with Crippen molar-refractivity contribution >= 4 is 5.97 Å². The van der Waals surface area contributed by atoms with E-state index in [0.717, 1.165) is 57.5 Å². The third-order valence-electron chi connectivity index (χ3n) is 5.42. The lowest BCUT2D eigenvalue weighted by Crippen LogP contribution is -2.42. The van der Waals surface area contributed by atoms with E-state index in [2.05, 4.69) is 4.90 Å². The predicted molar refractivity (Wildman–Crippen MR) is 97.5 cm³/mol. The van der Waals surface area contributed by atoms with Gasteiger partial charge in [-0.25, -0.2) is 4.39 Å². The lowest BCUT2D eigenvalue weighted by molar-refractivity contribution is -0.138. The fraction of sp³-hybridized carbons (Fsp3) is 0.650. The van der Waals surface area contributed by atoms with Gasteiger partial charge < -0.3 is 9.84 Å². The zero-order valence-corrected chi connectivity index (χ0v) is 15.3. The number of aliphatic carboxylic acids is 1. The number of carbonyl (C=O) groups is 1. The van der Waals surface area contributed by atoms with Gasteiger partial charge in [0.2, 0.25) is 0 Å². The van der Waals surface area contributed by atoms with Crippen LogP contribution in [0.25, 0.3) is 0 Å². The monoisotopic (exact) mass is 364 g/mol. The van der Waals surface area contributed by atoms with Crippen LogP contribution in [0.3, 0.4) is 0 Å². The number of likely N-dealkylation sites (tertiary alicyclic amines) is 1. The van der Waals surface area contributed by atoms with Crippen molar-refractivity contribution in [2.45, 2.75) is 38.3 Å². The van der Waals surface area contributed by atoms with E-state index in [1.54, 1.807) is 6.07 Å². The Morgan fingerprint density at radius 2 is 2.00 bits per heavy atom. The van der Waals surface area contributed by atoms with Gasteiger partial charge in [0.05, 0.1) is 12.6 Å². The molecule has 1 aromatic carbocycles. The number of hydrogen-bond acceptors (Lipinski definition) is 4. The third-order valence-corrected chi connectivity index (χ3v) is 5.42. The minimum Gasteiger partial charge on any atom is -0.480 e. The molecule has 0 radical (unpaired) electrons. The first-order valence-electron chi connectivity index (χ1n) is 9.61. The second-order valence-electron chi connectivity index (χ2n) is 7.53. The van der Waals surface area contributed by atoms with Gasteiger partial charge in [-0.1, -0.05) is 18.2 Å². The molecule has 1 atom stereocenters. The molecule has 2 fully saturated rings. The molecule has 0 amide bonds. The van der Waals surface area contributed by atoms with E-state index in [1.807, 2.05) is 17.0 Å². The number of piperidine rings is 1. The van der Waals surface area contributed by atoms with Crippen molar-refractivity contribution in [2.24, 2.45) is 5.92 Å². The van der Waals surface area contributed by atoms with Gasteiger partial charge in [0, 0.05) is 31.8 Å². The SMILES string of the molecule is O=C(O)CN(CC1CCN(Cc2ccccc2F)CC1)C[C@H]1CCCO1. The van der Waals surface area contributed by atoms with E-state index in [1.165, 1.54) is 6.07 Å². The summed E-state index contributed by atoms with van der Waals surface area (Å²) in [5, 5.41) is 9.19. The van der Waals surface area contributed by atoms with Crippen molar-refractivity contribution in [3.63, 3.8) is 0 Å². The molecule has 3 rings (SSSR count). The summed E-state index contributed by atoms with van der Waals surface area (Å²) in [5.74, 6) is -0.425. The summed E-state index contributed by atoms with van der Waals surface area (Å²) in [7, 11) is 0. The minimum atomic E-state index is -0.778. The number of rotatable bonds is 8. The van der Waals surface area contributed by atoms with E-state index < -0.39 is 5.97 Å². The maximum atomic E-state index is 13.8. The lowest BCUT2D eigenvalue weighted by Gasteiger charge is -2.35. The highest BCUT2D eigenvalue weighted by Gasteiger charge is 2.25. The summed E-state index contributed by atoms with van der Waals surface area (Å²) in [6.45, 7) is 4.89. The molecule has 2 saturated heterocycles. The molecule has 1 aromatic rings. The van der Waals surface area contributed by atoms with E-state index in [9.17, 15) is 14.3 Å². The second kappa shape index (κ2) is 9.44. The van der Waals surface area contributed by atoms with Crippen LogP contribution in [0.15, 0.2) is 24.3 Å². The Hall–Kier alpha value is -1.50. The summed E-state index contributed by atoms with van der Waals surface area (Å²) in [4.78, 5) is 15.5. The molecule has 2 aliphatic heterocycles. The van der Waals surface area contributed by atoms with Crippen molar-refractivity contribution in [3.05, 3.63) is 35.6 Å². The Balaban J connectivity index is 1.46. The van der Waals surface area contributed by atoms with E-state index >= 15 is 0 Å². The van der Waals surface area contributed by atoms with Crippen LogP contribution in [0.4, 0.5) is 4.39 Å². The molecule has 2 aliphatic rings. The molecule has 26 heavy (non-hydrogen) atoms. The number of halogens is 1. The largest absolute Gasteiger partial charge is 0.480 e. The van der Waals surface area contributed by atoms with Gasteiger partial charge in [0.15, 0.2) is 0 Å². The first-order chi connectivity index (χ1) is 12.6. The normalized spacial score (nSPS) is 22.2. The third kappa shape index (κ3) is 5.76. The van der Waals surface area contributed by atoms with Gasteiger partial charge in [-0.3, -0.25) is 14.6 Å². The van der Waals surface area contributed by atoms with Gasteiger partial charge in [-0.2, -0.15) is 0 Å². The quantitative estimate of drug-likeness (QED) is 0.768. The number of nitrogens with zero attached hydrogens (tertiary/aromatic N) is 2. The van der Waals surface area contributed by atoms with Gasteiger partial charge in [-0.05, 0) is 50.8 Å². The second-order valence-corrected chi connectivity index (χ2v) is 7.53. The molecule has 144 valence electrons. The van der Waals surface area contributed by atoms with Crippen molar-refractivity contribution in [1.82, 2.24) is 9.80 Å². The Morgan fingerprint density at radius 1 is 1.23 bits per heavy atom. The number of benzene rings is 1. The Labute approximate surface area is 154 Å². The van der Waals surface area contributed by atoms with E-state index in [-0.39, 0.29) is 18.5 Å². The van der Waals surface area contributed by atoms with Crippen molar-refractivity contribution in [1.29, 1.82) is 0 Å². The first kappa shape index (κ1) is 19.3.